The fourth-order valence-electron chi connectivity index (χ4n) is 6.31. The SMILES string of the molecule is CCCCN1CC=C[C@]23O[C@]4(C)C=CCN(c5ccccc5)C(=O)[C@@H]4[C@H]2C(=O)N(CCO)C3C1=O. The average molecular weight is 480 g/mol. The van der Waals surface area contributed by atoms with Crippen molar-refractivity contribution in [3.05, 3.63) is 54.6 Å². The molecule has 0 radical (unpaired) electrons. The number of carbonyl (C=O) groups excluding carboxylic acids is 3. The molecule has 4 aliphatic rings. The number of fused-ring (bicyclic) bond motifs is 2. The van der Waals surface area contributed by atoms with Crippen molar-refractivity contribution in [1.29, 1.82) is 0 Å². The number of rotatable bonds is 6. The summed E-state index contributed by atoms with van der Waals surface area (Å²) in [6, 6.07) is 8.47. The fraction of sp³-hybridized carbons (Fsp3) is 0.519. The van der Waals surface area contributed by atoms with Crippen LogP contribution in [0.5, 0.6) is 0 Å². The van der Waals surface area contributed by atoms with Crippen LogP contribution in [0, 0.1) is 11.8 Å². The Morgan fingerprint density at radius 2 is 1.71 bits per heavy atom. The van der Waals surface area contributed by atoms with Crippen LogP contribution < -0.4 is 4.90 Å². The van der Waals surface area contributed by atoms with Gasteiger partial charge in [-0.3, -0.25) is 14.4 Å². The molecule has 2 fully saturated rings. The first-order valence-electron chi connectivity index (χ1n) is 12.5. The summed E-state index contributed by atoms with van der Waals surface area (Å²) in [7, 11) is 0. The van der Waals surface area contributed by atoms with Crippen LogP contribution >= 0.6 is 0 Å². The lowest BCUT2D eigenvalue weighted by molar-refractivity contribution is -0.151. The Hall–Kier alpha value is -2.97. The van der Waals surface area contributed by atoms with Crippen LogP contribution in [0.2, 0.25) is 0 Å². The molecule has 2 saturated heterocycles. The largest absolute Gasteiger partial charge is 0.395 e. The minimum Gasteiger partial charge on any atom is -0.395 e. The molecule has 0 bridgehead atoms. The van der Waals surface area contributed by atoms with Gasteiger partial charge in [-0.1, -0.05) is 55.8 Å². The highest BCUT2D eigenvalue weighted by atomic mass is 16.5. The molecule has 1 spiro atoms. The number of aliphatic hydroxyl groups excluding tert-OH is 1. The molecule has 4 heterocycles. The molecule has 0 aliphatic carbocycles. The Morgan fingerprint density at radius 3 is 2.43 bits per heavy atom. The molecular formula is C27H33N3O5. The zero-order valence-corrected chi connectivity index (χ0v) is 20.3. The van der Waals surface area contributed by atoms with E-state index in [9.17, 15) is 19.5 Å². The van der Waals surface area contributed by atoms with Gasteiger partial charge in [0.15, 0.2) is 0 Å². The Bertz CT molecular complexity index is 1070. The van der Waals surface area contributed by atoms with E-state index in [4.69, 9.17) is 4.74 Å². The van der Waals surface area contributed by atoms with Gasteiger partial charge < -0.3 is 24.5 Å². The van der Waals surface area contributed by atoms with E-state index in [-0.39, 0.29) is 30.9 Å². The fourth-order valence-corrected chi connectivity index (χ4v) is 6.31. The normalized spacial score (nSPS) is 34.1. The molecular weight excluding hydrogens is 446 g/mol. The Kier molecular flexibility index (Phi) is 6.05. The first-order valence-corrected chi connectivity index (χ1v) is 12.5. The summed E-state index contributed by atoms with van der Waals surface area (Å²) in [6.45, 7) is 5.03. The summed E-state index contributed by atoms with van der Waals surface area (Å²) in [4.78, 5) is 46.8. The first kappa shape index (κ1) is 23.8. The number of carbonyl (C=O) groups is 3. The molecule has 1 N–H and O–H groups in total. The predicted molar refractivity (Wildman–Crippen MR) is 130 cm³/mol. The third-order valence-electron chi connectivity index (χ3n) is 7.83. The number of para-hydroxylation sites is 1. The number of unbranched alkanes of at least 4 members (excludes halogenated alkanes) is 1. The van der Waals surface area contributed by atoms with E-state index in [2.05, 4.69) is 6.92 Å². The van der Waals surface area contributed by atoms with Gasteiger partial charge >= 0.3 is 0 Å². The summed E-state index contributed by atoms with van der Waals surface area (Å²) in [6.07, 6.45) is 9.32. The zero-order chi connectivity index (χ0) is 24.8. The molecule has 8 nitrogen and oxygen atoms in total. The van der Waals surface area contributed by atoms with Crippen molar-refractivity contribution in [2.24, 2.45) is 11.8 Å². The van der Waals surface area contributed by atoms with E-state index in [0.29, 0.717) is 19.6 Å². The first-order chi connectivity index (χ1) is 16.9. The minimum atomic E-state index is -1.27. The number of ether oxygens (including phenoxy) is 1. The maximum absolute atomic E-state index is 14.1. The third kappa shape index (κ3) is 3.53. The number of nitrogens with zero attached hydrogens (tertiary/aromatic N) is 3. The Balaban J connectivity index is 1.61. The van der Waals surface area contributed by atoms with Gasteiger partial charge in [0.1, 0.15) is 11.6 Å². The van der Waals surface area contributed by atoms with Gasteiger partial charge in [-0.2, -0.15) is 0 Å². The van der Waals surface area contributed by atoms with Crippen LogP contribution in [-0.2, 0) is 19.1 Å². The molecule has 1 aromatic carbocycles. The van der Waals surface area contributed by atoms with Crippen LogP contribution in [0.3, 0.4) is 0 Å². The number of hydrogen-bond donors (Lipinski definition) is 1. The maximum Gasteiger partial charge on any atom is 0.249 e. The second-order valence-corrected chi connectivity index (χ2v) is 9.98. The molecule has 4 aliphatic heterocycles. The van der Waals surface area contributed by atoms with Crippen LogP contribution in [0.1, 0.15) is 26.7 Å². The van der Waals surface area contributed by atoms with Crippen molar-refractivity contribution in [3.8, 4) is 0 Å². The summed E-state index contributed by atoms with van der Waals surface area (Å²) in [5, 5.41) is 9.77. The summed E-state index contributed by atoms with van der Waals surface area (Å²) in [5.74, 6) is -2.37. The van der Waals surface area contributed by atoms with Crippen LogP contribution in [0.4, 0.5) is 5.69 Å². The van der Waals surface area contributed by atoms with Crippen LogP contribution in [0.25, 0.3) is 0 Å². The van der Waals surface area contributed by atoms with E-state index >= 15 is 0 Å². The lowest BCUT2D eigenvalue weighted by Crippen LogP contribution is -2.56. The monoisotopic (exact) mass is 479 g/mol. The average Bonchev–Trinajstić information content (AvgIpc) is 3.11. The van der Waals surface area contributed by atoms with Gasteiger partial charge in [0.25, 0.3) is 0 Å². The van der Waals surface area contributed by atoms with E-state index in [1.165, 1.54) is 4.90 Å². The van der Waals surface area contributed by atoms with E-state index in [1.807, 2.05) is 61.6 Å². The number of anilines is 1. The number of amides is 3. The molecule has 5 atom stereocenters. The molecule has 8 heteroatoms. The Labute approximate surface area is 205 Å². The number of likely N-dealkylation sites (tertiary alicyclic amines) is 1. The molecule has 35 heavy (non-hydrogen) atoms. The topological polar surface area (TPSA) is 90.4 Å². The molecule has 1 unspecified atom stereocenters. The molecule has 0 saturated carbocycles. The summed E-state index contributed by atoms with van der Waals surface area (Å²) in [5.41, 5.74) is -1.57. The van der Waals surface area contributed by atoms with E-state index in [1.54, 1.807) is 9.80 Å². The van der Waals surface area contributed by atoms with Gasteiger partial charge in [0, 0.05) is 31.9 Å². The smallest absolute Gasteiger partial charge is 0.249 e. The summed E-state index contributed by atoms with van der Waals surface area (Å²) < 4.78 is 6.74. The summed E-state index contributed by atoms with van der Waals surface area (Å²) >= 11 is 0. The number of aliphatic hydroxyl groups is 1. The van der Waals surface area contributed by atoms with Gasteiger partial charge in [0.2, 0.25) is 17.7 Å². The Morgan fingerprint density at radius 1 is 0.971 bits per heavy atom. The molecule has 3 amide bonds. The molecule has 1 aromatic rings. The van der Waals surface area contributed by atoms with E-state index in [0.717, 1.165) is 18.5 Å². The number of benzene rings is 1. The lowest BCUT2D eigenvalue weighted by atomic mass is 9.74. The van der Waals surface area contributed by atoms with E-state index < -0.39 is 29.1 Å². The predicted octanol–water partition coefficient (Wildman–Crippen LogP) is 1.75. The van der Waals surface area contributed by atoms with Crippen molar-refractivity contribution in [2.45, 2.75) is 43.9 Å². The van der Waals surface area contributed by atoms with Gasteiger partial charge in [-0.15, -0.1) is 0 Å². The van der Waals surface area contributed by atoms with Gasteiger partial charge in [-0.25, -0.2) is 0 Å². The number of hydrogen-bond acceptors (Lipinski definition) is 5. The van der Waals surface area contributed by atoms with Crippen molar-refractivity contribution in [2.75, 3.05) is 37.7 Å². The highest BCUT2D eigenvalue weighted by Gasteiger charge is 2.74. The second-order valence-electron chi connectivity index (χ2n) is 9.98. The lowest BCUT2D eigenvalue weighted by Gasteiger charge is -2.37. The van der Waals surface area contributed by atoms with Crippen molar-refractivity contribution < 1.29 is 24.2 Å². The van der Waals surface area contributed by atoms with Gasteiger partial charge in [-0.05, 0) is 25.5 Å². The minimum absolute atomic E-state index is 0.0160. The van der Waals surface area contributed by atoms with Gasteiger partial charge in [0.05, 0.1) is 24.0 Å². The van der Waals surface area contributed by atoms with Crippen molar-refractivity contribution in [1.82, 2.24) is 9.80 Å². The molecule has 0 aromatic heterocycles. The third-order valence-corrected chi connectivity index (χ3v) is 7.83. The highest BCUT2D eigenvalue weighted by Crippen LogP contribution is 2.57. The highest BCUT2D eigenvalue weighted by molar-refractivity contribution is 6.04. The van der Waals surface area contributed by atoms with Crippen LogP contribution in [0.15, 0.2) is 54.6 Å². The molecule has 186 valence electrons. The zero-order valence-electron chi connectivity index (χ0n) is 20.3. The second kappa shape index (κ2) is 8.91. The van der Waals surface area contributed by atoms with Crippen molar-refractivity contribution in [3.63, 3.8) is 0 Å². The quantitative estimate of drug-likeness (QED) is 0.628. The molecule has 5 rings (SSSR count). The maximum atomic E-state index is 14.1. The van der Waals surface area contributed by atoms with Crippen LogP contribution in [-0.4, -0.2) is 82.7 Å². The number of β-amino-alcohol motifs (C(OH)–C–C–N with tert-alkyl or cyclic N) is 1. The van der Waals surface area contributed by atoms with Crippen molar-refractivity contribution >= 4 is 23.4 Å². The standard InChI is InChI=1S/C27H33N3O5/c1-3-4-14-28-15-9-13-27-21(24(33)30(17-18-31)22(27)25(28)34)20-23(32)29(19-10-6-5-7-11-19)16-8-12-26(20,2)35-27/h5-13,20-22,31H,3-4,14-18H2,1-2H3/t20-,21-,22?,26+,27-/m0/s1.